The summed E-state index contributed by atoms with van der Waals surface area (Å²) in [6.07, 6.45) is 0. The van der Waals surface area contributed by atoms with Crippen molar-refractivity contribution in [3.05, 3.63) is 53.1 Å². The average molecular weight is 329 g/mol. The maximum atomic E-state index is 13.4. The highest BCUT2D eigenvalue weighted by Crippen LogP contribution is 2.25. The van der Waals surface area contributed by atoms with Crippen molar-refractivity contribution in [1.29, 1.82) is 0 Å². The molecule has 0 unspecified atom stereocenters. The molecule has 0 fully saturated rings. The molecule has 2 rings (SSSR count). The molecule has 110 valence electrons. The van der Waals surface area contributed by atoms with Crippen molar-refractivity contribution < 1.29 is 13.6 Å². The summed E-state index contributed by atoms with van der Waals surface area (Å²) >= 11 is 6.90. The van der Waals surface area contributed by atoms with Crippen LogP contribution in [0.2, 0.25) is 5.02 Å². The van der Waals surface area contributed by atoms with Crippen LogP contribution in [-0.2, 0) is 4.79 Å². The average Bonchev–Trinajstić information content (AvgIpc) is 2.41. The lowest BCUT2D eigenvalue weighted by molar-refractivity contribution is -0.113. The number of nitrogens with two attached hydrogens (primary N) is 1. The van der Waals surface area contributed by atoms with Gasteiger partial charge >= 0.3 is 0 Å². The first-order chi connectivity index (χ1) is 9.95. The molecule has 3 nitrogen and oxygen atoms in total. The SMILES string of the molecule is Nc1ccc(NC(=O)CSc2ccc(F)cc2F)c(Cl)c1. The molecule has 0 spiro atoms. The number of nitrogens with one attached hydrogen (secondary N) is 1. The van der Waals surface area contributed by atoms with Crippen LogP contribution in [0.15, 0.2) is 41.3 Å². The van der Waals surface area contributed by atoms with E-state index in [0.29, 0.717) is 16.4 Å². The molecule has 1 amide bonds. The molecular weight excluding hydrogens is 318 g/mol. The Balaban J connectivity index is 1.96. The summed E-state index contributed by atoms with van der Waals surface area (Å²) in [6, 6.07) is 7.91. The van der Waals surface area contributed by atoms with Crippen molar-refractivity contribution in [3.63, 3.8) is 0 Å². The quantitative estimate of drug-likeness (QED) is 0.660. The Kier molecular flexibility index (Phi) is 5.03. The minimum Gasteiger partial charge on any atom is -0.399 e. The summed E-state index contributed by atoms with van der Waals surface area (Å²) in [5.74, 6) is -1.73. The van der Waals surface area contributed by atoms with Crippen LogP contribution in [0, 0.1) is 11.6 Å². The number of thioether (sulfide) groups is 1. The molecule has 2 aromatic carbocycles. The molecule has 0 heterocycles. The highest BCUT2D eigenvalue weighted by molar-refractivity contribution is 8.00. The van der Waals surface area contributed by atoms with Gasteiger partial charge in [0.1, 0.15) is 11.6 Å². The van der Waals surface area contributed by atoms with E-state index in [0.717, 1.165) is 23.9 Å². The van der Waals surface area contributed by atoms with Gasteiger partial charge in [0.2, 0.25) is 5.91 Å². The largest absolute Gasteiger partial charge is 0.399 e. The van der Waals surface area contributed by atoms with Gasteiger partial charge in [0.05, 0.1) is 16.5 Å². The van der Waals surface area contributed by atoms with Crippen LogP contribution in [0.1, 0.15) is 0 Å². The Hall–Kier alpha value is -1.79. The molecule has 0 aromatic heterocycles. The van der Waals surface area contributed by atoms with Crippen LogP contribution in [0.4, 0.5) is 20.2 Å². The third-order valence-electron chi connectivity index (χ3n) is 2.52. The molecule has 0 aliphatic heterocycles. The Bertz CT molecular complexity index is 682. The van der Waals surface area contributed by atoms with E-state index in [1.54, 1.807) is 12.1 Å². The van der Waals surface area contributed by atoms with Gasteiger partial charge < -0.3 is 11.1 Å². The zero-order valence-electron chi connectivity index (χ0n) is 10.7. The van der Waals surface area contributed by atoms with Crippen molar-refractivity contribution in [3.8, 4) is 0 Å². The molecule has 2 aromatic rings. The Morgan fingerprint density at radius 2 is 2.00 bits per heavy atom. The zero-order valence-corrected chi connectivity index (χ0v) is 12.3. The molecule has 0 saturated heterocycles. The van der Waals surface area contributed by atoms with Gasteiger partial charge in [-0.3, -0.25) is 4.79 Å². The monoisotopic (exact) mass is 328 g/mol. The van der Waals surface area contributed by atoms with Gasteiger partial charge in [-0.1, -0.05) is 11.6 Å². The number of carbonyl (C=O) groups is 1. The van der Waals surface area contributed by atoms with Gasteiger partial charge in [0.25, 0.3) is 0 Å². The molecule has 0 aliphatic rings. The van der Waals surface area contributed by atoms with Crippen LogP contribution in [0.5, 0.6) is 0 Å². The maximum Gasteiger partial charge on any atom is 0.234 e. The fraction of sp³-hybridized carbons (Fsp3) is 0.0714. The van der Waals surface area contributed by atoms with Crippen LogP contribution >= 0.6 is 23.4 Å². The number of hydrogen-bond acceptors (Lipinski definition) is 3. The third-order valence-corrected chi connectivity index (χ3v) is 3.88. The predicted octanol–water partition coefficient (Wildman–Crippen LogP) is 3.93. The first kappa shape index (κ1) is 15.6. The van der Waals surface area contributed by atoms with Crippen molar-refractivity contribution in [2.45, 2.75) is 4.90 Å². The van der Waals surface area contributed by atoms with E-state index in [4.69, 9.17) is 17.3 Å². The topological polar surface area (TPSA) is 55.1 Å². The first-order valence-corrected chi connectivity index (χ1v) is 7.25. The minimum absolute atomic E-state index is 0.0245. The van der Waals surface area contributed by atoms with Gasteiger partial charge in [-0.05, 0) is 30.3 Å². The molecule has 21 heavy (non-hydrogen) atoms. The molecule has 0 saturated carbocycles. The summed E-state index contributed by atoms with van der Waals surface area (Å²) in [5.41, 5.74) is 6.46. The highest BCUT2D eigenvalue weighted by Gasteiger charge is 2.09. The van der Waals surface area contributed by atoms with E-state index >= 15 is 0 Å². The van der Waals surface area contributed by atoms with E-state index in [-0.39, 0.29) is 16.6 Å². The van der Waals surface area contributed by atoms with E-state index in [1.807, 2.05) is 0 Å². The van der Waals surface area contributed by atoms with Gasteiger partial charge in [-0.2, -0.15) is 0 Å². The zero-order chi connectivity index (χ0) is 15.4. The van der Waals surface area contributed by atoms with Crippen LogP contribution in [0.3, 0.4) is 0 Å². The van der Waals surface area contributed by atoms with Crippen LogP contribution < -0.4 is 11.1 Å². The van der Waals surface area contributed by atoms with Gasteiger partial charge in [0, 0.05) is 16.6 Å². The van der Waals surface area contributed by atoms with Crippen molar-refractivity contribution in [1.82, 2.24) is 0 Å². The Labute approximate surface area is 129 Å². The van der Waals surface area contributed by atoms with Crippen LogP contribution in [-0.4, -0.2) is 11.7 Å². The molecule has 0 radical (unpaired) electrons. The standard InChI is InChI=1S/C14H11ClF2N2OS/c15-10-6-9(18)2-3-12(10)19-14(20)7-21-13-4-1-8(16)5-11(13)17/h1-6H,7,18H2,(H,19,20). The van der Waals surface area contributed by atoms with E-state index in [2.05, 4.69) is 5.32 Å². The molecule has 0 bridgehead atoms. The van der Waals surface area contributed by atoms with Gasteiger partial charge in [-0.25, -0.2) is 8.78 Å². The Morgan fingerprint density at radius 1 is 1.24 bits per heavy atom. The summed E-state index contributed by atoms with van der Waals surface area (Å²) in [5, 5.41) is 2.92. The second-order valence-electron chi connectivity index (χ2n) is 4.15. The number of anilines is 2. The first-order valence-electron chi connectivity index (χ1n) is 5.88. The number of nitrogen functional groups attached to an aromatic ring is 1. The fourth-order valence-corrected chi connectivity index (χ4v) is 2.51. The predicted molar refractivity (Wildman–Crippen MR) is 81.6 cm³/mol. The number of hydrogen-bond donors (Lipinski definition) is 2. The number of rotatable bonds is 4. The fourth-order valence-electron chi connectivity index (χ4n) is 1.55. The number of amides is 1. The maximum absolute atomic E-state index is 13.4. The number of benzene rings is 2. The molecule has 7 heteroatoms. The van der Waals surface area contributed by atoms with E-state index in [9.17, 15) is 13.6 Å². The Morgan fingerprint density at radius 3 is 2.67 bits per heavy atom. The number of carbonyl (C=O) groups excluding carboxylic acids is 1. The summed E-state index contributed by atoms with van der Waals surface area (Å²) in [4.78, 5) is 12.0. The molecular formula is C14H11ClF2N2OS. The van der Waals surface area contributed by atoms with Crippen molar-refractivity contribution in [2.75, 3.05) is 16.8 Å². The lowest BCUT2D eigenvalue weighted by Gasteiger charge is -2.08. The highest BCUT2D eigenvalue weighted by atomic mass is 35.5. The van der Waals surface area contributed by atoms with Gasteiger partial charge in [-0.15, -0.1) is 11.8 Å². The smallest absolute Gasteiger partial charge is 0.234 e. The summed E-state index contributed by atoms with van der Waals surface area (Å²) in [7, 11) is 0. The third kappa shape index (κ3) is 4.34. The minimum atomic E-state index is -0.696. The second-order valence-corrected chi connectivity index (χ2v) is 5.58. The second kappa shape index (κ2) is 6.78. The molecule has 0 atom stereocenters. The van der Waals surface area contributed by atoms with Crippen LogP contribution in [0.25, 0.3) is 0 Å². The summed E-state index contributed by atoms with van der Waals surface area (Å²) in [6.45, 7) is 0. The lowest BCUT2D eigenvalue weighted by atomic mass is 10.3. The molecule has 0 aliphatic carbocycles. The van der Waals surface area contributed by atoms with E-state index < -0.39 is 11.6 Å². The van der Waals surface area contributed by atoms with Gasteiger partial charge in [0.15, 0.2) is 0 Å². The normalized spacial score (nSPS) is 10.4. The molecule has 3 N–H and O–H groups in total. The van der Waals surface area contributed by atoms with Crippen molar-refractivity contribution in [2.24, 2.45) is 0 Å². The van der Waals surface area contributed by atoms with E-state index in [1.165, 1.54) is 12.1 Å². The summed E-state index contributed by atoms with van der Waals surface area (Å²) < 4.78 is 26.2. The van der Waals surface area contributed by atoms with Crippen molar-refractivity contribution >= 4 is 40.6 Å². The number of halogens is 3. The lowest BCUT2D eigenvalue weighted by Crippen LogP contribution is -2.14.